The van der Waals surface area contributed by atoms with Crippen LogP contribution in [0.15, 0.2) is 23.2 Å². The lowest BCUT2D eigenvalue weighted by molar-refractivity contribution is -0.0119. The minimum atomic E-state index is -1.18. The first-order valence-electron chi connectivity index (χ1n) is 4.73. The average molecular weight is 230 g/mol. The molecule has 1 aromatic rings. The number of hydrogen-bond acceptors (Lipinski definition) is 3. The van der Waals surface area contributed by atoms with Crippen molar-refractivity contribution in [3.63, 3.8) is 0 Å². The predicted molar refractivity (Wildman–Crippen MR) is 53.2 cm³/mol. The molecular formula is C9H11FN2O2S. The maximum Gasteiger partial charge on any atom is 0.262 e. The van der Waals surface area contributed by atoms with Gasteiger partial charge < -0.3 is 0 Å². The summed E-state index contributed by atoms with van der Waals surface area (Å²) in [6.07, 6.45) is 3.53. The molecule has 4 nitrogen and oxygen atoms in total. The van der Waals surface area contributed by atoms with E-state index in [4.69, 9.17) is 0 Å². The maximum atomic E-state index is 11.9. The van der Waals surface area contributed by atoms with Gasteiger partial charge in [0.25, 0.3) is 5.88 Å². The van der Waals surface area contributed by atoms with Crippen molar-refractivity contribution in [2.45, 2.75) is 17.7 Å². The zero-order valence-electron chi connectivity index (χ0n) is 8.06. The lowest BCUT2D eigenvalue weighted by Crippen LogP contribution is -2.22. The highest BCUT2D eigenvalue weighted by molar-refractivity contribution is 7.82. The van der Waals surface area contributed by atoms with Crippen LogP contribution in [0, 0.1) is 0 Å². The van der Waals surface area contributed by atoms with Crippen LogP contribution in [0.5, 0.6) is 5.88 Å². The zero-order valence-corrected chi connectivity index (χ0v) is 8.87. The van der Waals surface area contributed by atoms with Gasteiger partial charge in [0.1, 0.15) is 11.0 Å². The number of nitrogens with zero attached hydrogens (tertiary/aromatic N) is 2. The Balaban J connectivity index is 2.11. The summed E-state index contributed by atoms with van der Waals surface area (Å²) in [5.74, 6) is -0.114. The molecule has 0 saturated carbocycles. The fourth-order valence-electron chi connectivity index (χ4n) is 1.52. The lowest BCUT2D eigenvalue weighted by Gasteiger charge is -2.12. The Kier molecular flexibility index (Phi) is 3.27. The standard InChI is InChI=1S/C9H11FN2O2S/c10-14-9-4-3-8(7-11-9)15(13)12-5-1-2-6-12/h3-4,7H,1-2,5-6H2. The summed E-state index contributed by atoms with van der Waals surface area (Å²) >= 11 is 0. The highest BCUT2D eigenvalue weighted by atomic mass is 32.2. The van der Waals surface area contributed by atoms with Crippen LogP contribution in [0.2, 0.25) is 0 Å². The van der Waals surface area contributed by atoms with E-state index in [9.17, 15) is 8.74 Å². The Morgan fingerprint density at radius 2 is 2.13 bits per heavy atom. The molecule has 1 saturated heterocycles. The number of pyridine rings is 1. The quantitative estimate of drug-likeness (QED) is 0.789. The molecule has 2 heterocycles. The van der Waals surface area contributed by atoms with Crippen LogP contribution in [0.3, 0.4) is 0 Å². The van der Waals surface area contributed by atoms with Gasteiger partial charge in [0.15, 0.2) is 0 Å². The van der Waals surface area contributed by atoms with Gasteiger partial charge in [0, 0.05) is 29.9 Å². The summed E-state index contributed by atoms with van der Waals surface area (Å²) in [7, 11) is -1.18. The van der Waals surface area contributed by atoms with E-state index in [-0.39, 0.29) is 5.88 Å². The van der Waals surface area contributed by atoms with Gasteiger partial charge in [-0.25, -0.2) is 13.5 Å². The molecule has 6 heteroatoms. The highest BCUT2D eigenvalue weighted by Crippen LogP contribution is 2.17. The van der Waals surface area contributed by atoms with Crippen molar-refractivity contribution in [3.8, 4) is 5.88 Å². The molecule has 1 unspecified atom stereocenters. The van der Waals surface area contributed by atoms with Gasteiger partial charge in [-0.3, -0.25) is 4.94 Å². The van der Waals surface area contributed by atoms with Gasteiger partial charge in [-0.15, -0.1) is 0 Å². The molecule has 2 rings (SSSR count). The van der Waals surface area contributed by atoms with Crippen molar-refractivity contribution < 1.29 is 13.7 Å². The van der Waals surface area contributed by atoms with Gasteiger partial charge in [-0.05, 0) is 18.9 Å². The second-order valence-corrected chi connectivity index (χ2v) is 4.78. The molecule has 0 aliphatic carbocycles. The fraction of sp³-hybridized carbons (Fsp3) is 0.444. The molecule has 0 bridgehead atoms. The molecule has 0 spiro atoms. The van der Waals surface area contributed by atoms with Crippen molar-refractivity contribution in [3.05, 3.63) is 18.3 Å². The molecule has 0 aromatic carbocycles. The van der Waals surface area contributed by atoms with E-state index in [1.54, 1.807) is 6.07 Å². The topological polar surface area (TPSA) is 42.4 Å². The Bertz CT molecular complexity index is 352. The van der Waals surface area contributed by atoms with E-state index in [0.29, 0.717) is 4.90 Å². The van der Waals surface area contributed by atoms with Crippen LogP contribution in [0.25, 0.3) is 0 Å². The lowest BCUT2D eigenvalue weighted by atomic mass is 10.4. The van der Waals surface area contributed by atoms with Crippen molar-refractivity contribution >= 4 is 11.0 Å². The van der Waals surface area contributed by atoms with Crippen molar-refractivity contribution in [1.29, 1.82) is 0 Å². The summed E-state index contributed by atoms with van der Waals surface area (Å²) in [6, 6.07) is 2.93. The van der Waals surface area contributed by atoms with Gasteiger partial charge >= 0.3 is 0 Å². The van der Waals surface area contributed by atoms with Crippen LogP contribution in [-0.4, -0.2) is 26.6 Å². The molecule has 1 aliphatic heterocycles. The highest BCUT2D eigenvalue weighted by Gasteiger charge is 2.19. The van der Waals surface area contributed by atoms with Crippen LogP contribution >= 0.6 is 0 Å². The first kappa shape index (κ1) is 10.5. The van der Waals surface area contributed by atoms with Crippen LogP contribution in [0.4, 0.5) is 4.53 Å². The normalized spacial score (nSPS) is 19.0. The van der Waals surface area contributed by atoms with Gasteiger partial charge in [-0.1, -0.05) is 0 Å². The van der Waals surface area contributed by atoms with E-state index < -0.39 is 11.0 Å². The molecule has 15 heavy (non-hydrogen) atoms. The molecular weight excluding hydrogens is 219 g/mol. The number of aromatic nitrogens is 1. The van der Waals surface area contributed by atoms with Crippen molar-refractivity contribution in [1.82, 2.24) is 9.29 Å². The Hall–Kier alpha value is -1.01. The molecule has 82 valence electrons. The summed E-state index contributed by atoms with van der Waals surface area (Å²) in [6.45, 7) is 1.68. The summed E-state index contributed by atoms with van der Waals surface area (Å²) in [5, 5.41) is 0. The zero-order chi connectivity index (χ0) is 10.7. The summed E-state index contributed by atoms with van der Waals surface area (Å²) < 4.78 is 25.5. The summed E-state index contributed by atoms with van der Waals surface area (Å²) in [5.41, 5.74) is 0. The summed E-state index contributed by atoms with van der Waals surface area (Å²) in [4.78, 5) is 7.70. The second kappa shape index (κ2) is 4.67. The number of rotatable bonds is 3. The first-order chi connectivity index (χ1) is 7.31. The fourth-order valence-corrected chi connectivity index (χ4v) is 2.73. The molecule has 0 N–H and O–H groups in total. The van der Waals surface area contributed by atoms with Crippen molar-refractivity contribution in [2.75, 3.05) is 13.1 Å². The third-order valence-corrected chi connectivity index (χ3v) is 3.77. The third-order valence-electron chi connectivity index (χ3n) is 2.29. The van der Waals surface area contributed by atoms with Gasteiger partial charge in [0.2, 0.25) is 0 Å². The Labute approximate surface area is 89.6 Å². The molecule has 1 aliphatic rings. The minimum Gasteiger partial charge on any atom is -0.274 e. The molecule has 1 fully saturated rings. The molecule has 1 aromatic heterocycles. The van der Waals surface area contributed by atoms with Gasteiger partial charge in [0.05, 0.1) is 4.90 Å². The van der Waals surface area contributed by atoms with Crippen molar-refractivity contribution in [2.24, 2.45) is 0 Å². The first-order valence-corrected chi connectivity index (χ1v) is 5.83. The van der Waals surface area contributed by atoms with Crippen LogP contribution < -0.4 is 4.94 Å². The van der Waals surface area contributed by atoms with E-state index in [1.807, 2.05) is 4.31 Å². The second-order valence-electron chi connectivity index (χ2n) is 3.29. The molecule has 1 atom stereocenters. The number of halogens is 1. The Morgan fingerprint density at radius 3 is 2.67 bits per heavy atom. The van der Waals surface area contributed by atoms with Gasteiger partial charge in [-0.2, -0.15) is 0 Å². The largest absolute Gasteiger partial charge is 0.274 e. The van der Waals surface area contributed by atoms with E-state index in [1.165, 1.54) is 12.3 Å². The minimum absolute atomic E-state index is 0.114. The number of hydrogen-bond donors (Lipinski definition) is 0. The molecule has 0 amide bonds. The predicted octanol–water partition coefficient (Wildman–Crippen LogP) is 1.46. The maximum absolute atomic E-state index is 11.9. The van der Waals surface area contributed by atoms with Crippen LogP contribution in [-0.2, 0) is 11.0 Å². The SMILES string of the molecule is O=S(c1ccc(OF)nc1)N1CCCC1. The van der Waals surface area contributed by atoms with E-state index in [0.717, 1.165) is 25.9 Å². The van der Waals surface area contributed by atoms with E-state index in [2.05, 4.69) is 9.93 Å². The van der Waals surface area contributed by atoms with E-state index >= 15 is 0 Å². The monoisotopic (exact) mass is 230 g/mol. The van der Waals surface area contributed by atoms with Crippen LogP contribution in [0.1, 0.15) is 12.8 Å². The third kappa shape index (κ3) is 2.32. The smallest absolute Gasteiger partial charge is 0.262 e. The molecule has 0 radical (unpaired) electrons. The Morgan fingerprint density at radius 1 is 1.40 bits per heavy atom. The average Bonchev–Trinajstić information content (AvgIpc) is 2.82.